The standard InChI is InChI=1S/C11H19N3O/c1-11(2,3)14-10(15)13-7-5-9-4-6-12-8-9/h4,6,8,12H,5,7H2,1-3H3,(H2,13,14,15). The minimum Gasteiger partial charge on any atom is -0.367 e. The van der Waals surface area contributed by atoms with Gasteiger partial charge in [-0.1, -0.05) is 0 Å². The maximum atomic E-state index is 11.4. The molecule has 3 N–H and O–H groups in total. The minimum absolute atomic E-state index is 0.113. The van der Waals surface area contributed by atoms with E-state index in [0.717, 1.165) is 6.42 Å². The molecule has 0 aliphatic rings. The number of aromatic nitrogens is 1. The topological polar surface area (TPSA) is 56.9 Å². The highest BCUT2D eigenvalue weighted by molar-refractivity contribution is 5.74. The van der Waals surface area contributed by atoms with Crippen molar-refractivity contribution in [3.63, 3.8) is 0 Å². The Labute approximate surface area is 90.5 Å². The van der Waals surface area contributed by atoms with Crippen LogP contribution >= 0.6 is 0 Å². The molecule has 4 nitrogen and oxygen atoms in total. The van der Waals surface area contributed by atoms with Crippen LogP contribution in [0.15, 0.2) is 18.5 Å². The van der Waals surface area contributed by atoms with E-state index in [1.54, 1.807) is 0 Å². The number of aromatic amines is 1. The monoisotopic (exact) mass is 209 g/mol. The third-order valence-electron chi connectivity index (χ3n) is 1.85. The number of H-pyrrole nitrogens is 1. The zero-order valence-corrected chi connectivity index (χ0v) is 9.55. The zero-order valence-electron chi connectivity index (χ0n) is 9.55. The molecule has 1 rings (SSSR count). The van der Waals surface area contributed by atoms with Crippen LogP contribution in [0.25, 0.3) is 0 Å². The third kappa shape index (κ3) is 5.10. The van der Waals surface area contributed by atoms with Crippen molar-refractivity contribution in [2.24, 2.45) is 0 Å². The quantitative estimate of drug-likeness (QED) is 0.696. The SMILES string of the molecule is CC(C)(C)NC(=O)NCCc1cc[nH]c1. The van der Waals surface area contributed by atoms with E-state index in [1.165, 1.54) is 5.56 Å². The normalized spacial score (nSPS) is 11.1. The number of hydrogen-bond acceptors (Lipinski definition) is 1. The zero-order chi connectivity index (χ0) is 11.3. The summed E-state index contributed by atoms with van der Waals surface area (Å²) in [7, 11) is 0. The average Bonchev–Trinajstić information content (AvgIpc) is 2.53. The number of nitrogens with one attached hydrogen (secondary N) is 3. The highest BCUT2D eigenvalue weighted by Crippen LogP contribution is 1.98. The molecule has 0 radical (unpaired) electrons. The van der Waals surface area contributed by atoms with E-state index in [9.17, 15) is 4.79 Å². The Morgan fingerprint density at radius 3 is 2.73 bits per heavy atom. The van der Waals surface area contributed by atoms with Crippen LogP contribution in [0.5, 0.6) is 0 Å². The molecular formula is C11H19N3O. The molecule has 2 amide bonds. The summed E-state index contributed by atoms with van der Waals surface area (Å²) in [5, 5.41) is 5.65. The molecule has 0 spiro atoms. The lowest BCUT2D eigenvalue weighted by Crippen LogP contribution is -2.46. The van der Waals surface area contributed by atoms with Gasteiger partial charge >= 0.3 is 6.03 Å². The summed E-state index contributed by atoms with van der Waals surface area (Å²) < 4.78 is 0. The van der Waals surface area contributed by atoms with Gasteiger partial charge in [0, 0.05) is 24.5 Å². The van der Waals surface area contributed by atoms with Gasteiger partial charge in [-0.25, -0.2) is 4.79 Å². The van der Waals surface area contributed by atoms with Crippen molar-refractivity contribution in [3.8, 4) is 0 Å². The van der Waals surface area contributed by atoms with E-state index in [1.807, 2.05) is 39.2 Å². The second-order valence-electron chi connectivity index (χ2n) is 4.60. The van der Waals surface area contributed by atoms with E-state index in [4.69, 9.17) is 0 Å². The first kappa shape index (κ1) is 11.6. The van der Waals surface area contributed by atoms with Crippen LogP contribution in [0.1, 0.15) is 26.3 Å². The molecule has 84 valence electrons. The number of urea groups is 1. The van der Waals surface area contributed by atoms with Crippen LogP contribution in [0, 0.1) is 0 Å². The van der Waals surface area contributed by atoms with E-state index < -0.39 is 0 Å². The lowest BCUT2D eigenvalue weighted by atomic mass is 10.1. The van der Waals surface area contributed by atoms with Gasteiger partial charge in [0.15, 0.2) is 0 Å². The van der Waals surface area contributed by atoms with Gasteiger partial charge in [-0.05, 0) is 38.8 Å². The van der Waals surface area contributed by atoms with Gasteiger partial charge in [-0.3, -0.25) is 0 Å². The molecule has 1 aromatic heterocycles. The molecule has 0 saturated heterocycles. The smallest absolute Gasteiger partial charge is 0.315 e. The Hall–Kier alpha value is -1.45. The fraction of sp³-hybridized carbons (Fsp3) is 0.545. The van der Waals surface area contributed by atoms with Crippen LogP contribution in [-0.4, -0.2) is 23.1 Å². The number of carbonyl (C=O) groups excluding carboxylic acids is 1. The van der Waals surface area contributed by atoms with Gasteiger partial charge in [0.2, 0.25) is 0 Å². The molecule has 0 saturated carbocycles. The van der Waals surface area contributed by atoms with Gasteiger partial charge in [-0.2, -0.15) is 0 Å². The maximum absolute atomic E-state index is 11.4. The van der Waals surface area contributed by atoms with Crippen molar-refractivity contribution in [3.05, 3.63) is 24.0 Å². The van der Waals surface area contributed by atoms with Crippen LogP contribution in [0.3, 0.4) is 0 Å². The van der Waals surface area contributed by atoms with Crippen molar-refractivity contribution >= 4 is 6.03 Å². The number of carbonyl (C=O) groups is 1. The van der Waals surface area contributed by atoms with E-state index >= 15 is 0 Å². The van der Waals surface area contributed by atoms with Crippen LogP contribution in [0.2, 0.25) is 0 Å². The Morgan fingerprint density at radius 1 is 1.47 bits per heavy atom. The molecule has 1 aromatic rings. The van der Waals surface area contributed by atoms with E-state index in [2.05, 4.69) is 15.6 Å². The minimum atomic E-state index is -0.182. The molecule has 15 heavy (non-hydrogen) atoms. The average molecular weight is 209 g/mol. The Morgan fingerprint density at radius 2 is 2.20 bits per heavy atom. The summed E-state index contributed by atoms with van der Waals surface area (Å²) >= 11 is 0. The first-order chi connectivity index (χ1) is 6.97. The van der Waals surface area contributed by atoms with Crippen molar-refractivity contribution in [1.29, 1.82) is 0 Å². The highest BCUT2D eigenvalue weighted by Gasteiger charge is 2.12. The fourth-order valence-electron chi connectivity index (χ4n) is 1.22. The molecule has 1 heterocycles. The van der Waals surface area contributed by atoms with Crippen LogP contribution in [0.4, 0.5) is 4.79 Å². The third-order valence-corrected chi connectivity index (χ3v) is 1.85. The highest BCUT2D eigenvalue weighted by atomic mass is 16.2. The van der Waals surface area contributed by atoms with Gasteiger partial charge in [-0.15, -0.1) is 0 Å². The number of hydrogen-bond donors (Lipinski definition) is 3. The summed E-state index contributed by atoms with van der Waals surface area (Å²) in [6.07, 6.45) is 4.66. The van der Waals surface area contributed by atoms with Gasteiger partial charge in [0.05, 0.1) is 0 Å². The molecule has 0 atom stereocenters. The second kappa shape index (κ2) is 4.87. The summed E-state index contributed by atoms with van der Waals surface area (Å²) in [4.78, 5) is 14.3. The first-order valence-electron chi connectivity index (χ1n) is 5.15. The van der Waals surface area contributed by atoms with Gasteiger partial charge in [0.25, 0.3) is 0 Å². The lowest BCUT2D eigenvalue weighted by Gasteiger charge is -2.20. The number of amides is 2. The van der Waals surface area contributed by atoms with Crippen molar-refractivity contribution < 1.29 is 4.79 Å². The second-order valence-corrected chi connectivity index (χ2v) is 4.60. The Bertz CT molecular complexity index is 298. The molecule has 0 unspecified atom stereocenters. The lowest BCUT2D eigenvalue weighted by molar-refractivity contribution is 0.232. The molecule has 0 fully saturated rings. The van der Waals surface area contributed by atoms with Crippen molar-refractivity contribution in [2.45, 2.75) is 32.7 Å². The molecule has 0 aromatic carbocycles. The largest absolute Gasteiger partial charge is 0.367 e. The first-order valence-corrected chi connectivity index (χ1v) is 5.15. The summed E-state index contributed by atoms with van der Waals surface area (Å²) in [5.74, 6) is 0. The number of rotatable bonds is 3. The molecule has 0 aliphatic carbocycles. The van der Waals surface area contributed by atoms with Gasteiger partial charge in [0.1, 0.15) is 0 Å². The molecular weight excluding hydrogens is 190 g/mol. The maximum Gasteiger partial charge on any atom is 0.315 e. The predicted molar refractivity (Wildman–Crippen MR) is 60.8 cm³/mol. The van der Waals surface area contributed by atoms with Crippen molar-refractivity contribution in [2.75, 3.05) is 6.54 Å². The molecule has 0 aliphatic heterocycles. The Kier molecular flexibility index (Phi) is 3.77. The molecule has 0 bridgehead atoms. The summed E-state index contributed by atoms with van der Waals surface area (Å²) in [5.41, 5.74) is 1.02. The molecule has 4 heteroatoms. The van der Waals surface area contributed by atoms with E-state index in [-0.39, 0.29) is 11.6 Å². The summed E-state index contributed by atoms with van der Waals surface area (Å²) in [6, 6.07) is 1.89. The van der Waals surface area contributed by atoms with Crippen molar-refractivity contribution in [1.82, 2.24) is 15.6 Å². The van der Waals surface area contributed by atoms with Gasteiger partial charge < -0.3 is 15.6 Å². The van der Waals surface area contributed by atoms with Crippen LogP contribution in [-0.2, 0) is 6.42 Å². The summed E-state index contributed by atoms with van der Waals surface area (Å²) in [6.45, 7) is 6.52. The van der Waals surface area contributed by atoms with E-state index in [0.29, 0.717) is 6.54 Å². The predicted octanol–water partition coefficient (Wildman–Crippen LogP) is 1.65. The fourth-order valence-corrected chi connectivity index (χ4v) is 1.22. The Balaban J connectivity index is 2.18. The van der Waals surface area contributed by atoms with Crippen LogP contribution < -0.4 is 10.6 Å².